The lowest BCUT2D eigenvalue weighted by Gasteiger charge is -2.33. The number of hydrogen-bond donors (Lipinski definition) is 1. The normalized spacial score (nSPS) is 37.5. The molecular formula is C21H23NO5. The second-order valence-electron chi connectivity index (χ2n) is 7.67. The maximum atomic E-state index is 9.95. The van der Waals surface area contributed by atoms with Crippen molar-refractivity contribution in [3.05, 3.63) is 59.7 Å². The van der Waals surface area contributed by atoms with Crippen molar-refractivity contribution in [2.45, 2.75) is 43.7 Å². The second kappa shape index (κ2) is 5.69. The molecule has 3 heterocycles. The van der Waals surface area contributed by atoms with E-state index >= 15 is 0 Å². The fraction of sp³-hybridized carbons (Fsp3) is 0.429. The van der Waals surface area contributed by atoms with E-state index in [9.17, 15) is 5.11 Å². The van der Waals surface area contributed by atoms with Gasteiger partial charge < -0.3 is 24.1 Å². The summed E-state index contributed by atoms with van der Waals surface area (Å²) in [4.78, 5) is 2.17. The molecule has 6 heteroatoms. The molecular weight excluding hydrogens is 346 g/mol. The van der Waals surface area contributed by atoms with Gasteiger partial charge in [0.25, 0.3) is 0 Å². The first-order valence-electron chi connectivity index (χ1n) is 9.14. The first kappa shape index (κ1) is 17.0. The minimum Gasteiger partial charge on any atom is -0.508 e. The highest BCUT2D eigenvalue weighted by molar-refractivity contribution is 5.37. The van der Waals surface area contributed by atoms with Gasteiger partial charge in [0.15, 0.2) is 0 Å². The lowest BCUT2D eigenvalue weighted by atomic mass is 9.93. The summed E-state index contributed by atoms with van der Waals surface area (Å²) in [6.07, 6.45) is -0.758. The molecule has 1 N–H and O–H groups in total. The molecule has 2 aromatic carbocycles. The predicted molar refractivity (Wildman–Crippen MR) is 97.1 cm³/mol. The largest absolute Gasteiger partial charge is 0.508 e. The van der Waals surface area contributed by atoms with Gasteiger partial charge in [0.1, 0.15) is 41.4 Å². The Kier molecular flexibility index (Phi) is 3.58. The summed E-state index contributed by atoms with van der Waals surface area (Å²) in [5.74, 6) is 0.997. The van der Waals surface area contributed by atoms with E-state index in [1.54, 1.807) is 19.2 Å². The van der Waals surface area contributed by atoms with Gasteiger partial charge in [0.2, 0.25) is 0 Å². The molecule has 0 amide bonds. The van der Waals surface area contributed by atoms with E-state index in [1.165, 1.54) is 0 Å². The Balaban J connectivity index is 1.57. The smallest absolute Gasteiger partial charge is 0.149 e. The van der Waals surface area contributed by atoms with Gasteiger partial charge in [0.05, 0.1) is 13.7 Å². The molecule has 5 atom stereocenters. The van der Waals surface area contributed by atoms with Crippen molar-refractivity contribution in [2.75, 3.05) is 13.7 Å². The topological polar surface area (TPSA) is 60.4 Å². The molecule has 5 rings (SSSR count). The summed E-state index contributed by atoms with van der Waals surface area (Å²) in [5, 5.41) is 9.95. The van der Waals surface area contributed by atoms with Gasteiger partial charge in [-0.2, -0.15) is 0 Å². The highest BCUT2D eigenvalue weighted by Crippen LogP contribution is 2.56. The van der Waals surface area contributed by atoms with Crippen LogP contribution in [0.4, 0.5) is 0 Å². The van der Waals surface area contributed by atoms with Crippen molar-refractivity contribution in [3.8, 4) is 11.5 Å². The van der Waals surface area contributed by atoms with E-state index in [1.807, 2.05) is 43.3 Å². The van der Waals surface area contributed by atoms with Crippen LogP contribution in [0.5, 0.6) is 11.5 Å². The van der Waals surface area contributed by atoms with E-state index in [0.717, 1.165) is 16.9 Å². The molecule has 2 aromatic rings. The lowest BCUT2D eigenvalue weighted by Crippen LogP contribution is -2.40. The second-order valence-corrected chi connectivity index (χ2v) is 7.67. The lowest BCUT2D eigenvalue weighted by molar-refractivity contribution is -0.138. The molecule has 142 valence electrons. The number of ether oxygens (including phenoxy) is 4. The number of benzene rings is 2. The molecule has 3 aliphatic rings. The van der Waals surface area contributed by atoms with Crippen LogP contribution in [0.15, 0.2) is 48.5 Å². The summed E-state index contributed by atoms with van der Waals surface area (Å²) in [6, 6.07) is 15.1. The van der Waals surface area contributed by atoms with Crippen molar-refractivity contribution in [3.63, 3.8) is 0 Å². The average Bonchev–Trinajstić information content (AvgIpc) is 3.30. The van der Waals surface area contributed by atoms with E-state index in [0.29, 0.717) is 6.61 Å². The van der Waals surface area contributed by atoms with Crippen molar-refractivity contribution >= 4 is 0 Å². The van der Waals surface area contributed by atoms with Crippen LogP contribution in [0.2, 0.25) is 0 Å². The van der Waals surface area contributed by atoms with Gasteiger partial charge in [-0.3, -0.25) is 0 Å². The fourth-order valence-corrected chi connectivity index (χ4v) is 4.57. The minimum absolute atomic E-state index is 0.171. The summed E-state index contributed by atoms with van der Waals surface area (Å²) < 4.78 is 24.5. The van der Waals surface area contributed by atoms with Crippen LogP contribution in [-0.2, 0) is 25.4 Å². The zero-order chi connectivity index (χ0) is 18.8. The SMILES string of the molecule is COc1cccc([C@]2(C)O[C@H]3CO[C@@H]4N3[C@H]2O[C@]4(C)c2cccc(O)c2)c1. The maximum Gasteiger partial charge on any atom is 0.149 e. The van der Waals surface area contributed by atoms with Crippen molar-refractivity contribution < 1.29 is 24.1 Å². The number of methoxy groups -OCH3 is 1. The Hall–Kier alpha value is -2.12. The third-order valence-electron chi connectivity index (χ3n) is 6.01. The first-order valence-corrected chi connectivity index (χ1v) is 9.14. The van der Waals surface area contributed by atoms with Gasteiger partial charge in [-0.1, -0.05) is 24.3 Å². The molecule has 3 fully saturated rings. The molecule has 0 saturated carbocycles. The van der Waals surface area contributed by atoms with Gasteiger partial charge in [-0.25, -0.2) is 4.90 Å². The molecule has 0 unspecified atom stereocenters. The van der Waals surface area contributed by atoms with Gasteiger partial charge in [-0.05, 0) is 49.2 Å². The van der Waals surface area contributed by atoms with E-state index in [-0.39, 0.29) is 24.4 Å². The molecule has 3 saturated heterocycles. The van der Waals surface area contributed by atoms with Crippen molar-refractivity contribution in [1.29, 1.82) is 0 Å². The van der Waals surface area contributed by atoms with Crippen LogP contribution in [0.1, 0.15) is 25.0 Å². The zero-order valence-corrected chi connectivity index (χ0v) is 15.6. The highest BCUT2D eigenvalue weighted by Gasteiger charge is 2.68. The van der Waals surface area contributed by atoms with Gasteiger partial charge in [0, 0.05) is 0 Å². The molecule has 3 aliphatic heterocycles. The third kappa shape index (κ3) is 2.28. The molecule has 0 aromatic heterocycles. The van der Waals surface area contributed by atoms with Crippen LogP contribution in [0.3, 0.4) is 0 Å². The minimum atomic E-state index is -0.706. The Morgan fingerprint density at radius 1 is 1.00 bits per heavy atom. The number of aromatic hydroxyl groups is 1. The standard InChI is InChI=1S/C21H23NO5/c1-20(13-6-4-8-15(23)10-13)18-22-17(12-25-18)26-21(2,19(22)27-20)14-7-5-9-16(11-14)24-3/h4-11,17-19,23H,12H2,1-3H3/t17-,18-,19-,20+,21-/m0/s1. The number of phenolic OH excluding ortho intramolecular Hbond substituents is 1. The highest BCUT2D eigenvalue weighted by atomic mass is 16.7. The van der Waals surface area contributed by atoms with Crippen molar-refractivity contribution in [2.24, 2.45) is 0 Å². The molecule has 0 spiro atoms. The molecule has 0 bridgehead atoms. The third-order valence-corrected chi connectivity index (χ3v) is 6.01. The van der Waals surface area contributed by atoms with Crippen molar-refractivity contribution in [1.82, 2.24) is 4.90 Å². The zero-order valence-electron chi connectivity index (χ0n) is 15.6. The Labute approximate surface area is 158 Å². The molecule has 6 nitrogen and oxygen atoms in total. The average molecular weight is 369 g/mol. The van der Waals surface area contributed by atoms with Crippen LogP contribution in [0.25, 0.3) is 0 Å². The summed E-state index contributed by atoms with van der Waals surface area (Å²) in [6.45, 7) is 4.55. The summed E-state index contributed by atoms with van der Waals surface area (Å²) in [7, 11) is 1.66. The number of phenols is 1. The van der Waals surface area contributed by atoms with E-state index < -0.39 is 11.2 Å². The maximum absolute atomic E-state index is 9.95. The fourth-order valence-electron chi connectivity index (χ4n) is 4.57. The Morgan fingerprint density at radius 2 is 1.70 bits per heavy atom. The Morgan fingerprint density at radius 3 is 2.44 bits per heavy atom. The molecule has 0 aliphatic carbocycles. The van der Waals surface area contributed by atoms with Gasteiger partial charge in [-0.15, -0.1) is 0 Å². The summed E-state index contributed by atoms with van der Waals surface area (Å²) in [5.41, 5.74) is 0.522. The van der Waals surface area contributed by atoms with Crippen LogP contribution >= 0.6 is 0 Å². The number of nitrogens with zero attached hydrogens (tertiary/aromatic N) is 1. The van der Waals surface area contributed by atoms with Crippen LogP contribution < -0.4 is 4.74 Å². The molecule has 27 heavy (non-hydrogen) atoms. The quantitative estimate of drug-likeness (QED) is 0.898. The first-order chi connectivity index (χ1) is 13.0. The van der Waals surface area contributed by atoms with E-state index in [2.05, 4.69) is 11.8 Å². The van der Waals surface area contributed by atoms with Crippen LogP contribution in [0, 0.1) is 0 Å². The number of hydrogen-bond acceptors (Lipinski definition) is 6. The van der Waals surface area contributed by atoms with Crippen LogP contribution in [-0.4, -0.2) is 42.4 Å². The Bertz CT molecular complexity index is 888. The number of rotatable bonds is 3. The van der Waals surface area contributed by atoms with Gasteiger partial charge >= 0.3 is 0 Å². The monoisotopic (exact) mass is 369 g/mol. The predicted octanol–water partition coefficient (Wildman–Crippen LogP) is 2.90. The van der Waals surface area contributed by atoms with E-state index in [4.69, 9.17) is 18.9 Å². The summed E-state index contributed by atoms with van der Waals surface area (Å²) >= 11 is 0. The molecule has 0 radical (unpaired) electrons.